The second-order valence-corrected chi connectivity index (χ2v) is 10.2. The van der Waals surface area contributed by atoms with Gasteiger partial charge in [-0.15, -0.1) is 0 Å². The molecule has 0 aromatic rings. The summed E-state index contributed by atoms with van der Waals surface area (Å²) in [6.45, 7) is 6.84. The van der Waals surface area contributed by atoms with Crippen molar-refractivity contribution in [1.29, 1.82) is 0 Å². The van der Waals surface area contributed by atoms with Crippen LogP contribution in [-0.2, 0) is 4.79 Å². The number of carbonyl (C=O) groups excluding carboxylic acids is 1. The number of aliphatic hydroxyl groups is 2. The van der Waals surface area contributed by atoms with Gasteiger partial charge in [0.2, 0.25) is 0 Å². The highest BCUT2D eigenvalue weighted by Gasteiger charge is 2.65. The van der Waals surface area contributed by atoms with E-state index in [4.69, 9.17) is 5.11 Å². The van der Waals surface area contributed by atoms with E-state index in [2.05, 4.69) is 32.6 Å². The molecule has 0 amide bonds. The first-order valence-corrected chi connectivity index (χ1v) is 10.6. The highest BCUT2D eigenvalue weighted by atomic mass is 16.3. The van der Waals surface area contributed by atoms with E-state index in [-0.39, 0.29) is 17.4 Å². The quantitative estimate of drug-likeness (QED) is 0.651. The highest BCUT2D eigenvalue weighted by molar-refractivity contribution is 5.80. The van der Waals surface area contributed by atoms with Crippen molar-refractivity contribution in [3.63, 3.8) is 0 Å². The predicted molar refractivity (Wildman–Crippen MR) is 101 cm³/mol. The highest BCUT2D eigenvalue weighted by Crippen LogP contribution is 2.68. The second kappa shape index (κ2) is 6.08. The van der Waals surface area contributed by atoms with Crippen molar-refractivity contribution in [3.05, 3.63) is 0 Å². The topological polar surface area (TPSA) is 57.5 Å². The van der Waals surface area contributed by atoms with E-state index in [1.54, 1.807) is 0 Å². The van der Waals surface area contributed by atoms with Crippen molar-refractivity contribution >= 4 is 5.78 Å². The summed E-state index contributed by atoms with van der Waals surface area (Å²) in [5.74, 6) is 9.11. The lowest BCUT2D eigenvalue weighted by Crippen LogP contribution is -2.58. The lowest BCUT2D eigenvalue weighted by Gasteiger charge is -2.62. The minimum Gasteiger partial charge on any atom is -0.384 e. The average molecular weight is 359 g/mol. The number of ketones is 1. The van der Waals surface area contributed by atoms with Gasteiger partial charge >= 0.3 is 0 Å². The Morgan fingerprint density at radius 1 is 1.08 bits per heavy atom. The van der Waals surface area contributed by atoms with Crippen LogP contribution in [0.3, 0.4) is 0 Å². The zero-order chi connectivity index (χ0) is 18.7. The standard InChI is InChI=1S/C23H34O3/c1-15-13-17(25)14-16-5-6-18-19-8-11-23(26,9-4-12-24)21(19,2)10-7-20(18)22(15,16)3/h15-16,18-20,24,26H,5-8,10-14H2,1-3H3/t15?,16?,18-,19-,20+,21-,22-,23?/m0/s1. The molecule has 3 heteroatoms. The first kappa shape index (κ1) is 18.5. The summed E-state index contributed by atoms with van der Waals surface area (Å²) < 4.78 is 0. The van der Waals surface area contributed by atoms with E-state index < -0.39 is 5.60 Å². The van der Waals surface area contributed by atoms with Crippen molar-refractivity contribution in [3.8, 4) is 11.8 Å². The van der Waals surface area contributed by atoms with Crippen molar-refractivity contribution in [2.45, 2.75) is 77.7 Å². The van der Waals surface area contributed by atoms with Crippen molar-refractivity contribution in [2.75, 3.05) is 6.61 Å². The van der Waals surface area contributed by atoms with Gasteiger partial charge in [-0.25, -0.2) is 0 Å². The number of rotatable bonds is 0. The Kier molecular flexibility index (Phi) is 4.33. The van der Waals surface area contributed by atoms with E-state index in [9.17, 15) is 9.90 Å². The van der Waals surface area contributed by atoms with E-state index in [0.29, 0.717) is 35.4 Å². The molecular formula is C23H34O3. The molecule has 0 bridgehead atoms. The Hall–Kier alpha value is -0.850. The van der Waals surface area contributed by atoms with Gasteiger partial charge in [-0.2, -0.15) is 0 Å². The summed E-state index contributed by atoms with van der Waals surface area (Å²) in [7, 11) is 0. The van der Waals surface area contributed by atoms with Crippen LogP contribution in [-0.4, -0.2) is 28.2 Å². The molecular weight excluding hydrogens is 324 g/mol. The minimum absolute atomic E-state index is 0.159. The lowest BCUT2D eigenvalue weighted by molar-refractivity contribution is -0.160. The van der Waals surface area contributed by atoms with Gasteiger partial charge in [-0.1, -0.05) is 32.6 Å². The van der Waals surface area contributed by atoms with Crippen molar-refractivity contribution in [1.82, 2.24) is 0 Å². The van der Waals surface area contributed by atoms with Crippen LogP contribution in [0.25, 0.3) is 0 Å². The summed E-state index contributed by atoms with van der Waals surface area (Å²) in [4.78, 5) is 12.2. The normalized spacial score (nSPS) is 53.1. The third-order valence-corrected chi connectivity index (χ3v) is 9.56. The van der Waals surface area contributed by atoms with E-state index >= 15 is 0 Å². The Morgan fingerprint density at radius 3 is 2.54 bits per heavy atom. The SMILES string of the molecule is CC1CC(=O)CC2CC[C@@H]3[C@@H](CC[C@@]4(C)[C@H]3CCC4(O)C#CCO)[C@@]12C. The Morgan fingerprint density at radius 2 is 1.81 bits per heavy atom. The fourth-order valence-corrected chi connectivity index (χ4v) is 7.89. The van der Waals surface area contributed by atoms with Crippen LogP contribution in [0.5, 0.6) is 0 Å². The van der Waals surface area contributed by atoms with Crippen LogP contribution in [0.4, 0.5) is 0 Å². The summed E-state index contributed by atoms with van der Waals surface area (Å²) in [5.41, 5.74) is -0.833. The minimum atomic E-state index is -0.947. The maximum Gasteiger partial charge on any atom is 0.133 e. The fourth-order valence-electron chi connectivity index (χ4n) is 7.89. The Balaban J connectivity index is 1.66. The largest absolute Gasteiger partial charge is 0.384 e. The molecule has 3 nitrogen and oxygen atoms in total. The number of hydrogen-bond acceptors (Lipinski definition) is 3. The van der Waals surface area contributed by atoms with E-state index in [1.807, 2.05) is 0 Å². The summed E-state index contributed by atoms with van der Waals surface area (Å²) >= 11 is 0. The van der Waals surface area contributed by atoms with Gasteiger partial charge in [0.05, 0.1) is 0 Å². The zero-order valence-corrected chi connectivity index (χ0v) is 16.6. The molecule has 0 radical (unpaired) electrons. The molecule has 4 aliphatic carbocycles. The molecule has 3 unspecified atom stereocenters. The smallest absolute Gasteiger partial charge is 0.133 e. The van der Waals surface area contributed by atoms with E-state index in [0.717, 1.165) is 38.5 Å². The first-order valence-electron chi connectivity index (χ1n) is 10.6. The van der Waals surface area contributed by atoms with Crippen LogP contribution in [0, 0.1) is 52.3 Å². The maximum absolute atomic E-state index is 12.2. The number of hydrogen-bond donors (Lipinski definition) is 2. The molecule has 2 N–H and O–H groups in total. The van der Waals surface area contributed by atoms with Gasteiger partial charge < -0.3 is 10.2 Å². The Labute approximate surface area is 157 Å². The monoisotopic (exact) mass is 358 g/mol. The molecule has 144 valence electrons. The molecule has 0 aromatic carbocycles. The molecule has 26 heavy (non-hydrogen) atoms. The van der Waals surface area contributed by atoms with E-state index in [1.165, 1.54) is 12.8 Å². The fraction of sp³-hybridized carbons (Fsp3) is 0.870. The summed E-state index contributed by atoms with van der Waals surface area (Å²) in [5, 5.41) is 20.4. The number of aliphatic hydroxyl groups excluding tert-OH is 1. The van der Waals surface area contributed by atoms with Crippen LogP contribution >= 0.6 is 0 Å². The molecule has 4 aliphatic rings. The number of fused-ring (bicyclic) bond motifs is 5. The van der Waals surface area contributed by atoms with Crippen molar-refractivity contribution in [2.24, 2.45) is 40.4 Å². The van der Waals surface area contributed by atoms with Gasteiger partial charge in [-0.05, 0) is 73.5 Å². The summed E-state index contributed by atoms with van der Waals surface area (Å²) in [6.07, 6.45) is 7.85. The maximum atomic E-state index is 12.2. The molecule has 4 rings (SSSR count). The third kappa shape index (κ3) is 2.31. The van der Waals surface area contributed by atoms with Gasteiger partial charge in [0, 0.05) is 18.3 Å². The average Bonchev–Trinajstić information content (AvgIpc) is 2.86. The zero-order valence-electron chi connectivity index (χ0n) is 16.6. The molecule has 4 fully saturated rings. The lowest BCUT2D eigenvalue weighted by atomic mass is 9.42. The molecule has 0 saturated heterocycles. The molecule has 0 heterocycles. The van der Waals surface area contributed by atoms with Gasteiger partial charge in [0.15, 0.2) is 0 Å². The molecule has 4 saturated carbocycles. The first-order chi connectivity index (χ1) is 12.3. The van der Waals surface area contributed by atoms with Crippen LogP contribution in [0.1, 0.15) is 72.1 Å². The van der Waals surface area contributed by atoms with Gasteiger partial charge in [-0.3, -0.25) is 4.79 Å². The van der Waals surface area contributed by atoms with Gasteiger partial charge in [0.1, 0.15) is 18.0 Å². The van der Waals surface area contributed by atoms with Crippen molar-refractivity contribution < 1.29 is 15.0 Å². The van der Waals surface area contributed by atoms with Gasteiger partial charge in [0.25, 0.3) is 0 Å². The molecule has 0 aromatic heterocycles. The number of carbonyl (C=O) groups is 1. The number of Topliss-reactive ketones (excluding diaryl/α,β-unsaturated/α-hetero) is 1. The van der Waals surface area contributed by atoms with Crippen LogP contribution in [0.2, 0.25) is 0 Å². The molecule has 8 atom stereocenters. The predicted octanol–water partition coefficient (Wildman–Crippen LogP) is 3.57. The molecule has 0 spiro atoms. The molecule has 0 aliphatic heterocycles. The third-order valence-electron chi connectivity index (χ3n) is 9.56. The Bertz CT molecular complexity index is 660. The summed E-state index contributed by atoms with van der Waals surface area (Å²) in [6, 6.07) is 0. The second-order valence-electron chi connectivity index (χ2n) is 10.2. The van der Waals surface area contributed by atoms with Crippen LogP contribution < -0.4 is 0 Å². The van der Waals surface area contributed by atoms with Crippen LogP contribution in [0.15, 0.2) is 0 Å².